The Morgan fingerprint density at radius 1 is 1.27 bits per heavy atom. The molecule has 3 aromatic rings. The van der Waals surface area contributed by atoms with E-state index in [0.717, 1.165) is 11.4 Å². The van der Waals surface area contributed by atoms with Gasteiger partial charge in [-0.2, -0.15) is 4.98 Å². The molecule has 1 N–H and O–H groups in total. The van der Waals surface area contributed by atoms with Crippen molar-refractivity contribution >= 4 is 11.7 Å². The van der Waals surface area contributed by atoms with Crippen molar-refractivity contribution in [1.29, 1.82) is 0 Å². The zero-order chi connectivity index (χ0) is 15.7. The number of rotatable bonds is 3. The van der Waals surface area contributed by atoms with Gasteiger partial charge in [-0.1, -0.05) is 6.07 Å². The Bertz CT molecular complexity index is 858. The van der Waals surface area contributed by atoms with Gasteiger partial charge in [0.25, 0.3) is 11.7 Å². The van der Waals surface area contributed by atoms with E-state index in [1.807, 2.05) is 19.9 Å². The standard InChI is InChI=1S/C15H14FN5O/c1-9-6-10(2)21-15(18-9)19-13(20-21)8-17-14(22)11-4-3-5-12(16)7-11/h3-7H,8H2,1-2H3,(H,17,22). The van der Waals surface area contributed by atoms with E-state index < -0.39 is 5.82 Å². The van der Waals surface area contributed by atoms with Gasteiger partial charge in [-0.3, -0.25) is 4.79 Å². The van der Waals surface area contributed by atoms with Crippen LogP contribution in [0.2, 0.25) is 0 Å². The van der Waals surface area contributed by atoms with Crippen LogP contribution in [0.4, 0.5) is 4.39 Å². The zero-order valence-electron chi connectivity index (χ0n) is 12.2. The summed E-state index contributed by atoms with van der Waals surface area (Å²) in [6.45, 7) is 3.94. The lowest BCUT2D eigenvalue weighted by Crippen LogP contribution is -2.23. The van der Waals surface area contributed by atoms with Gasteiger partial charge in [0.15, 0.2) is 5.82 Å². The first-order valence-corrected chi connectivity index (χ1v) is 6.76. The molecule has 0 spiro atoms. The number of hydrogen-bond donors (Lipinski definition) is 1. The monoisotopic (exact) mass is 299 g/mol. The summed E-state index contributed by atoms with van der Waals surface area (Å²) in [7, 11) is 0. The molecule has 7 heteroatoms. The minimum absolute atomic E-state index is 0.150. The summed E-state index contributed by atoms with van der Waals surface area (Å²) >= 11 is 0. The molecule has 3 rings (SSSR count). The van der Waals surface area contributed by atoms with E-state index in [1.54, 1.807) is 10.6 Å². The second-order valence-corrected chi connectivity index (χ2v) is 4.97. The average molecular weight is 299 g/mol. The number of halogens is 1. The van der Waals surface area contributed by atoms with E-state index in [-0.39, 0.29) is 18.0 Å². The van der Waals surface area contributed by atoms with Crippen LogP contribution in [0.1, 0.15) is 27.6 Å². The third kappa shape index (κ3) is 2.78. The smallest absolute Gasteiger partial charge is 0.252 e. The van der Waals surface area contributed by atoms with Crippen LogP contribution in [0.25, 0.3) is 5.78 Å². The average Bonchev–Trinajstić information content (AvgIpc) is 2.88. The molecule has 6 nitrogen and oxygen atoms in total. The minimum Gasteiger partial charge on any atom is -0.345 e. The van der Waals surface area contributed by atoms with E-state index in [9.17, 15) is 9.18 Å². The normalized spacial score (nSPS) is 10.9. The first-order valence-electron chi connectivity index (χ1n) is 6.76. The summed E-state index contributed by atoms with van der Waals surface area (Å²) in [6.07, 6.45) is 0. The number of hydrogen-bond acceptors (Lipinski definition) is 4. The summed E-state index contributed by atoms with van der Waals surface area (Å²) in [5.41, 5.74) is 2.03. The Balaban J connectivity index is 1.76. The molecule has 0 saturated carbocycles. The summed E-state index contributed by atoms with van der Waals surface area (Å²) in [4.78, 5) is 20.5. The summed E-state index contributed by atoms with van der Waals surface area (Å²) in [5.74, 6) is 0.117. The molecule has 0 aliphatic rings. The lowest BCUT2D eigenvalue weighted by Gasteiger charge is -2.02. The minimum atomic E-state index is -0.450. The van der Waals surface area contributed by atoms with Crippen LogP contribution >= 0.6 is 0 Å². The van der Waals surface area contributed by atoms with Gasteiger partial charge in [-0.25, -0.2) is 13.9 Å². The highest BCUT2D eigenvalue weighted by Gasteiger charge is 2.10. The van der Waals surface area contributed by atoms with E-state index in [4.69, 9.17) is 0 Å². The Morgan fingerprint density at radius 2 is 2.09 bits per heavy atom. The molecular formula is C15H14FN5O. The second kappa shape index (κ2) is 5.51. The molecular weight excluding hydrogens is 285 g/mol. The molecule has 2 heterocycles. The number of aromatic nitrogens is 4. The summed E-state index contributed by atoms with van der Waals surface area (Å²) in [6, 6.07) is 7.41. The topological polar surface area (TPSA) is 72.2 Å². The largest absolute Gasteiger partial charge is 0.345 e. The summed E-state index contributed by atoms with van der Waals surface area (Å²) < 4.78 is 14.7. The van der Waals surface area contributed by atoms with Gasteiger partial charge in [0.1, 0.15) is 5.82 Å². The number of carbonyl (C=O) groups is 1. The number of fused-ring (bicyclic) bond motifs is 1. The maximum atomic E-state index is 13.1. The van der Waals surface area contributed by atoms with Gasteiger partial charge in [0, 0.05) is 17.0 Å². The van der Waals surface area contributed by atoms with Crippen molar-refractivity contribution < 1.29 is 9.18 Å². The first-order chi connectivity index (χ1) is 10.5. The molecule has 0 atom stereocenters. The molecule has 0 aliphatic carbocycles. The van der Waals surface area contributed by atoms with Crippen LogP contribution in [0.5, 0.6) is 0 Å². The summed E-state index contributed by atoms with van der Waals surface area (Å²) in [5, 5.41) is 6.96. The van der Waals surface area contributed by atoms with Crippen molar-refractivity contribution in [2.24, 2.45) is 0 Å². The van der Waals surface area contributed by atoms with E-state index in [0.29, 0.717) is 11.6 Å². The Kier molecular flexibility index (Phi) is 3.54. The van der Waals surface area contributed by atoms with Gasteiger partial charge < -0.3 is 5.32 Å². The lowest BCUT2D eigenvalue weighted by molar-refractivity contribution is 0.0949. The van der Waals surface area contributed by atoms with Gasteiger partial charge >= 0.3 is 0 Å². The molecule has 0 fully saturated rings. The predicted molar refractivity (Wildman–Crippen MR) is 77.8 cm³/mol. The molecule has 112 valence electrons. The third-order valence-corrected chi connectivity index (χ3v) is 3.16. The van der Waals surface area contributed by atoms with Crippen LogP contribution in [0, 0.1) is 19.7 Å². The number of carbonyl (C=O) groups excluding carboxylic acids is 1. The van der Waals surface area contributed by atoms with Crippen molar-refractivity contribution in [3.63, 3.8) is 0 Å². The highest BCUT2D eigenvalue weighted by atomic mass is 19.1. The Morgan fingerprint density at radius 3 is 2.86 bits per heavy atom. The highest BCUT2D eigenvalue weighted by molar-refractivity contribution is 5.94. The van der Waals surface area contributed by atoms with Crippen LogP contribution in [-0.2, 0) is 6.54 Å². The third-order valence-electron chi connectivity index (χ3n) is 3.16. The van der Waals surface area contributed by atoms with E-state index in [1.165, 1.54) is 18.2 Å². The molecule has 2 aromatic heterocycles. The van der Waals surface area contributed by atoms with Crippen molar-refractivity contribution in [2.75, 3.05) is 0 Å². The molecule has 0 aliphatic heterocycles. The molecule has 0 bridgehead atoms. The molecule has 0 unspecified atom stereocenters. The van der Waals surface area contributed by atoms with Crippen molar-refractivity contribution in [2.45, 2.75) is 20.4 Å². The van der Waals surface area contributed by atoms with E-state index >= 15 is 0 Å². The Hall–Kier alpha value is -2.83. The predicted octanol–water partition coefficient (Wildman–Crippen LogP) is 1.81. The van der Waals surface area contributed by atoms with Gasteiger partial charge in [0.2, 0.25) is 0 Å². The van der Waals surface area contributed by atoms with Crippen molar-refractivity contribution in [1.82, 2.24) is 24.9 Å². The SMILES string of the molecule is Cc1cc(C)n2nc(CNC(=O)c3cccc(F)c3)nc2n1. The fraction of sp³-hybridized carbons (Fsp3) is 0.200. The molecule has 0 radical (unpaired) electrons. The van der Waals surface area contributed by atoms with Crippen LogP contribution < -0.4 is 5.32 Å². The fourth-order valence-corrected chi connectivity index (χ4v) is 2.17. The van der Waals surface area contributed by atoms with Gasteiger partial charge in [0.05, 0.1) is 6.54 Å². The number of benzene rings is 1. The molecule has 0 saturated heterocycles. The van der Waals surface area contributed by atoms with Crippen LogP contribution in [0.15, 0.2) is 30.3 Å². The first kappa shape index (κ1) is 14.1. The maximum absolute atomic E-state index is 13.1. The van der Waals surface area contributed by atoms with Crippen molar-refractivity contribution in [3.8, 4) is 0 Å². The lowest BCUT2D eigenvalue weighted by atomic mass is 10.2. The molecule has 1 amide bonds. The molecule has 22 heavy (non-hydrogen) atoms. The fourth-order valence-electron chi connectivity index (χ4n) is 2.17. The number of nitrogens with one attached hydrogen (secondary N) is 1. The second-order valence-electron chi connectivity index (χ2n) is 4.97. The maximum Gasteiger partial charge on any atom is 0.252 e. The Labute approximate surface area is 126 Å². The number of aryl methyl sites for hydroxylation is 2. The van der Waals surface area contributed by atoms with Gasteiger partial charge in [-0.05, 0) is 38.1 Å². The number of amides is 1. The molecule has 1 aromatic carbocycles. The van der Waals surface area contributed by atoms with Crippen LogP contribution in [-0.4, -0.2) is 25.5 Å². The highest BCUT2D eigenvalue weighted by Crippen LogP contribution is 2.06. The zero-order valence-corrected chi connectivity index (χ0v) is 12.2. The number of nitrogens with zero attached hydrogens (tertiary/aromatic N) is 4. The van der Waals surface area contributed by atoms with Crippen molar-refractivity contribution in [3.05, 3.63) is 58.9 Å². The van der Waals surface area contributed by atoms with Gasteiger partial charge in [-0.15, -0.1) is 5.10 Å². The van der Waals surface area contributed by atoms with E-state index in [2.05, 4.69) is 20.4 Å². The quantitative estimate of drug-likeness (QED) is 0.800. The van der Waals surface area contributed by atoms with Crippen LogP contribution in [0.3, 0.4) is 0 Å².